The monoisotopic (exact) mass is 259 g/mol. The van der Waals surface area contributed by atoms with Gasteiger partial charge in [0.1, 0.15) is 6.33 Å². The standard InChI is InChI=1S/C12H13N5O2/c1-3-14-12-11(17(18)19)10(15-7-16-12)9-4-5-13-6-8(9)2/h4-7H,3H2,1-2H3,(H,14,15,16). The first kappa shape index (κ1) is 12.9. The molecule has 0 unspecified atom stereocenters. The Balaban J connectivity index is 2.67. The summed E-state index contributed by atoms with van der Waals surface area (Å²) in [6, 6.07) is 1.71. The highest BCUT2D eigenvalue weighted by atomic mass is 16.6. The van der Waals surface area contributed by atoms with Gasteiger partial charge in [-0.25, -0.2) is 9.97 Å². The van der Waals surface area contributed by atoms with Gasteiger partial charge in [0.15, 0.2) is 5.69 Å². The molecule has 2 aromatic rings. The summed E-state index contributed by atoms with van der Waals surface area (Å²) in [5, 5.41) is 14.2. The third-order valence-electron chi connectivity index (χ3n) is 2.62. The first-order valence-corrected chi connectivity index (χ1v) is 5.79. The Bertz CT molecular complexity index is 615. The van der Waals surface area contributed by atoms with Crippen molar-refractivity contribution in [2.24, 2.45) is 0 Å². The minimum Gasteiger partial charge on any atom is -0.365 e. The Morgan fingerprint density at radius 1 is 1.42 bits per heavy atom. The van der Waals surface area contributed by atoms with Crippen LogP contribution < -0.4 is 5.32 Å². The third-order valence-corrected chi connectivity index (χ3v) is 2.62. The van der Waals surface area contributed by atoms with Crippen LogP contribution in [0.2, 0.25) is 0 Å². The Kier molecular flexibility index (Phi) is 3.65. The minimum absolute atomic E-state index is 0.112. The first-order chi connectivity index (χ1) is 9.15. The number of anilines is 1. The summed E-state index contributed by atoms with van der Waals surface area (Å²) in [6.07, 6.45) is 4.55. The second-order valence-electron chi connectivity index (χ2n) is 3.90. The number of hydrogen-bond acceptors (Lipinski definition) is 6. The summed E-state index contributed by atoms with van der Waals surface area (Å²) >= 11 is 0. The van der Waals surface area contributed by atoms with Crippen molar-refractivity contribution < 1.29 is 4.92 Å². The van der Waals surface area contributed by atoms with Crippen molar-refractivity contribution in [1.82, 2.24) is 15.0 Å². The molecule has 2 aromatic heterocycles. The average molecular weight is 259 g/mol. The molecule has 0 aliphatic rings. The van der Waals surface area contributed by atoms with Crippen LogP contribution in [0.25, 0.3) is 11.3 Å². The molecule has 98 valence electrons. The maximum Gasteiger partial charge on any atom is 0.337 e. The van der Waals surface area contributed by atoms with Gasteiger partial charge in [-0.15, -0.1) is 0 Å². The molecule has 0 saturated carbocycles. The largest absolute Gasteiger partial charge is 0.365 e. The number of aryl methyl sites for hydroxylation is 1. The summed E-state index contributed by atoms with van der Waals surface area (Å²) in [6.45, 7) is 4.23. The molecule has 0 spiro atoms. The maximum absolute atomic E-state index is 11.3. The van der Waals surface area contributed by atoms with Gasteiger partial charge in [0, 0.05) is 24.5 Å². The average Bonchev–Trinajstić information content (AvgIpc) is 2.39. The number of pyridine rings is 1. The van der Waals surface area contributed by atoms with E-state index in [1.165, 1.54) is 6.33 Å². The van der Waals surface area contributed by atoms with E-state index in [-0.39, 0.29) is 11.5 Å². The lowest BCUT2D eigenvalue weighted by Gasteiger charge is -2.08. The van der Waals surface area contributed by atoms with Gasteiger partial charge < -0.3 is 5.32 Å². The van der Waals surface area contributed by atoms with Crippen LogP contribution in [0.4, 0.5) is 11.5 Å². The molecule has 0 atom stereocenters. The zero-order valence-electron chi connectivity index (χ0n) is 10.6. The SMILES string of the molecule is CCNc1ncnc(-c2ccncc2C)c1[N+](=O)[O-]. The van der Waals surface area contributed by atoms with Gasteiger partial charge >= 0.3 is 5.69 Å². The number of nitrogens with zero attached hydrogens (tertiary/aromatic N) is 4. The van der Waals surface area contributed by atoms with Crippen molar-refractivity contribution in [2.75, 3.05) is 11.9 Å². The second kappa shape index (κ2) is 5.38. The Labute approximate surface area is 109 Å². The number of hydrogen-bond donors (Lipinski definition) is 1. The van der Waals surface area contributed by atoms with E-state index in [2.05, 4.69) is 20.3 Å². The van der Waals surface area contributed by atoms with Crippen LogP contribution in [0.1, 0.15) is 12.5 Å². The highest BCUT2D eigenvalue weighted by Crippen LogP contribution is 2.33. The molecule has 7 heteroatoms. The van der Waals surface area contributed by atoms with Crippen molar-refractivity contribution in [3.05, 3.63) is 40.5 Å². The van der Waals surface area contributed by atoms with Gasteiger partial charge in [0.2, 0.25) is 5.82 Å². The molecular weight excluding hydrogens is 246 g/mol. The van der Waals surface area contributed by atoms with E-state index in [4.69, 9.17) is 0 Å². The number of aromatic nitrogens is 3. The topological polar surface area (TPSA) is 93.8 Å². The van der Waals surface area contributed by atoms with Crippen LogP contribution in [-0.4, -0.2) is 26.4 Å². The van der Waals surface area contributed by atoms with Gasteiger partial charge in [-0.1, -0.05) is 0 Å². The van der Waals surface area contributed by atoms with E-state index in [1.807, 2.05) is 13.8 Å². The Hall–Kier alpha value is -2.57. The third kappa shape index (κ3) is 2.49. The predicted octanol–water partition coefficient (Wildman–Crippen LogP) is 2.19. The summed E-state index contributed by atoms with van der Waals surface area (Å²) < 4.78 is 0. The van der Waals surface area contributed by atoms with Gasteiger partial charge in [-0.05, 0) is 25.5 Å². The lowest BCUT2D eigenvalue weighted by molar-refractivity contribution is -0.383. The minimum atomic E-state index is -0.465. The molecule has 0 aliphatic carbocycles. The van der Waals surface area contributed by atoms with E-state index in [1.54, 1.807) is 18.5 Å². The number of rotatable bonds is 4. The summed E-state index contributed by atoms with van der Waals surface area (Å²) in [4.78, 5) is 22.8. The molecule has 2 heterocycles. The molecule has 0 amide bonds. The molecule has 0 radical (unpaired) electrons. The second-order valence-corrected chi connectivity index (χ2v) is 3.90. The van der Waals surface area contributed by atoms with Crippen LogP contribution in [0.3, 0.4) is 0 Å². The molecule has 1 N–H and O–H groups in total. The fourth-order valence-electron chi connectivity index (χ4n) is 1.78. The molecule has 0 aliphatic heterocycles. The molecule has 0 saturated heterocycles. The molecule has 7 nitrogen and oxygen atoms in total. The Morgan fingerprint density at radius 3 is 2.84 bits per heavy atom. The fraction of sp³-hybridized carbons (Fsp3) is 0.250. The summed E-state index contributed by atoms with van der Waals surface area (Å²) in [7, 11) is 0. The highest BCUT2D eigenvalue weighted by Gasteiger charge is 2.24. The van der Waals surface area contributed by atoms with E-state index >= 15 is 0 Å². The maximum atomic E-state index is 11.3. The van der Waals surface area contributed by atoms with Crippen molar-refractivity contribution in [3.63, 3.8) is 0 Å². The number of nitro groups is 1. The van der Waals surface area contributed by atoms with Crippen molar-refractivity contribution in [2.45, 2.75) is 13.8 Å². The van der Waals surface area contributed by atoms with Crippen molar-refractivity contribution in [1.29, 1.82) is 0 Å². The molecule has 0 aromatic carbocycles. The molecule has 2 rings (SSSR count). The van der Waals surface area contributed by atoms with E-state index < -0.39 is 4.92 Å². The van der Waals surface area contributed by atoms with Crippen LogP contribution >= 0.6 is 0 Å². The lowest BCUT2D eigenvalue weighted by atomic mass is 10.1. The molecular formula is C12H13N5O2. The van der Waals surface area contributed by atoms with Crippen molar-refractivity contribution >= 4 is 11.5 Å². The highest BCUT2D eigenvalue weighted by molar-refractivity contribution is 5.78. The van der Waals surface area contributed by atoms with Gasteiger partial charge in [-0.3, -0.25) is 15.1 Å². The normalized spacial score (nSPS) is 10.2. The molecule has 19 heavy (non-hydrogen) atoms. The fourth-order valence-corrected chi connectivity index (χ4v) is 1.78. The summed E-state index contributed by atoms with van der Waals surface area (Å²) in [5.41, 5.74) is 1.70. The van der Waals surface area contributed by atoms with Gasteiger partial charge in [-0.2, -0.15) is 0 Å². The van der Waals surface area contributed by atoms with E-state index in [9.17, 15) is 10.1 Å². The molecule has 0 bridgehead atoms. The van der Waals surface area contributed by atoms with Crippen molar-refractivity contribution in [3.8, 4) is 11.3 Å². The Morgan fingerprint density at radius 2 is 2.21 bits per heavy atom. The van der Waals surface area contributed by atoms with Gasteiger partial charge in [0.25, 0.3) is 0 Å². The first-order valence-electron chi connectivity index (χ1n) is 5.79. The quantitative estimate of drug-likeness (QED) is 0.668. The predicted molar refractivity (Wildman–Crippen MR) is 70.8 cm³/mol. The van der Waals surface area contributed by atoms with E-state index in [0.717, 1.165) is 5.56 Å². The molecule has 0 fully saturated rings. The van der Waals surface area contributed by atoms with Gasteiger partial charge in [0.05, 0.1) is 4.92 Å². The van der Waals surface area contributed by atoms with Crippen LogP contribution in [-0.2, 0) is 0 Å². The number of nitrogens with one attached hydrogen (secondary N) is 1. The van der Waals surface area contributed by atoms with E-state index in [0.29, 0.717) is 17.8 Å². The summed E-state index contributed by atoms with van der Waals surface area (Å²) in [5.74, 6) is 0.230. The zero-order chi connectivity index (χ0) is 13.8. The zero-order valence-corrected chi connectivity index (χ0v) is 10.6. The van der Waals surface area contributed by atoms with Crippen LogP contribution in [0.5, 0.6) is 0 Å². The van der Waals surface area contributed by atoms with Crippen LogP contribution in [0.15, 0.2) is 24.8 Å². The lowest BCUT2D eigenvalue weighted by Crippen LogP contribution is -2.06. The smallest absolute Gasteiger partial charge is 0.337 e. The van der Waals surface area contributed by atoms with Crippen LogP contribution in [0, 0.1) is 17.0 Å².